The minimum Gasteiger partial charge on any atom is -0.453 e. The van der Waals surface area contributed by atoms with Crippen molar-refractivity contribution >= 4 is 16.8 Å². The first-order chi connectivity index (χ1) is 15.1. The fraction of sp³-hybridized carbons (Fsp3) is 0.478. The minimum atomic E-state index is -0.764. The predicted molar refractivity (Wildman–Crippen MR) is 123 cm³/mol. The minimum absolute atomic E-state index is 0.155. The van der Waals surface area contributed by atoms with Gasteiger partial charge in [-0.15, -0.1) is 0 Å². The average Bonchev–Trinajstić information content (AvgIpc) is 2.79. The maximum atomic E-state index is 14.5. The standard InChI is InChI=1S/C23H31FN4O2S/c1-3-26-23(28-18-7-5-9-20(14-18)31(29)4-2)27-15-17-10-11-22(21(24)13-17)30-19-8-6-12-25-16-19/h6,8,10-13,16,18,20H,3-5,7,9,14-15H2,1-2H3,(H2,26,27,28). The summed E-state index contributed by atoms with van der Waals surface area (Å²) >= 11 is 0. The number of benzene rings is 1. The fourth-order valence-corrected chi connectivity index (χ4v) is 5.04. The molecule has 3 unspecified atom stereocenters. The zero-order valence-corrected chi connectivity index (χ0v) is 19.0. The predicted octanol–water partition coefficient (Wildman–Crippen LogP) is 4.15. The largest absolute Gasteiger partial charge is 0.453 e. The first-order valence-corrected chi connectivity index (χ1v) is 12.3. The molecule has 0 aliphatic heterocycles. The molecule has 3 rings (SSSR count). The molecule has 168 valence electrons. The molecule has 1 aliphatic rings. The summed E-state index contributed by atoms with van der Waals surface area (Å²) in [6.45, 7) is 5.06. The molecule has 2 aromatic rings. The first kappa shape index (κ1) is 23.2. The highest BCUT2D eigenvalue weighted by Gasteiger charge is 2.26. The second-order valence-electron chi connectivity index (χ2n) is 7.55. The van der Waals surface area contributed by atoms with Crippen molar-refractivity contribution in [2.45, 2.75) is 57.4 Å². The van der Waals surface area contributed by atoms with Crippen LogP contribution in [0.15, 0.2) is 47.7 Å². The molecule has 1 aromatic heterocycles. The zero-order valence-electron chi connectivity index (χ0n) is 18.1. The molecule has 6 nitrogen and oxygen atoms in total. The van der Waals surface area contributed by atoms with Gasteiger partial charge >= 0.3 is 0 Å². The van der Waals surface area contributed by atoms with Crippen LogP contribution in [-0.4, -0.2) is 38.7 Å². The Labute approximate surface area is 186 Å². The number of guanidine groups is 1. The normalized spacial score (nSPS) is 20.2. The van der Waals surface area contributed by atoms with E-state index in [1.165, 1.54) is 12.3 Å². The molecule has 3 atom stereocenters. The van der Waals surface area contributed by atoms with Crippen molar-refractivity contribution in [2.24, 2.45) is 4.99 Å². The van der Waals surface area contributed by atoms with Crippen LogP contribution in [0, 0.1) is 5.82 Å². The van der Waals surface area contributed by atoms with Crippen LogP contribution in [0.2, 0.25) is 0 Å². The lowest BCUT2D eigenvalue weighted by Gasteiger charge is -2.30. The summed E-state index contributed by atoms with van der Waals surface area (Å²) in [4.78, 5) is 8.59. The average molecular weight is 447 g/mol. The Bertz CT molecular complexity index is 894. The van der Waals surface area contributed by atoms with E-state index in [0.717, 1.165) is 37.8 Å². The Balaban J connectivity index is 1.62. The van der Waals surface area contributed by atoms with Crippen molar-refractivity contribution < 1.29 is 13.3 Å². The van der Waals surface area contributed by atoms with E-state index in [1.807, 2.05) is 19.9 Å². The third kappa shape index (κ3) is 7.02. The summed E-state index contributed by atoms with van der Waals surface area (Å²) in [6, 6.07) is 8.58. The van der Waals surface area contributed by atoms with Gasteiger partial charge in [-0.1, -0.05) is 19.4 Å². The highest BCUT2D eigenvalue weighted by molar-refractivity contribution is 7.85. The second kappa shape index (κ2) is 11.8. The molecule has 1 saturated carbocycles. The Morgan fingerprint density at radius 1 is 1.32 bits per heavy atom. The molecule has 2 N–H and O–H groups in total. The maximum absolute atomic E-state index is 14.5. The Morgan fingerprint density at radius 2 is 2.19 bits per heavy atom. The Morgan fingerprint density at radius 3 is 2.90 bits per heavy atom. The van der Waals surface area contributed by atoms with Crippen LogP contribution < -0.4 is 15.4 Å². The van der Waals surface area contributed by atoms with Crippen LogP contribution in [0.4, 0.5) is 4.39 Å². The summed E-state index contributed by atoms with van der Waals surface area (Å²) in [5, 5.41) is 6.98. The van der Waals surface area contributed by atoms with Crippen molar-refractivity contribution in [3.8, 4) is 11.5 Å². The van der Waals surface area contributed by atoms with Crippen LogP contribution in [0.3, 0.4) is 0 Å². The van der Waals surface area contributed by atoms with Crippen molar-refractivity contribution in [2.75, 3.05) is 12.3 Å². The van der Waals surface area contributed by atoms with E-state index in [1.54, 1.807) is 24.4 Å². The molecule has 1 aliphatic carbocycles. The summed E-state index contributed by atoms with van der Waals surface area (Å²) in [6.07, 6.45) is 7.20. The number of ether oxygens (including phenoxy) is 1. The van der Waals surface area contributed by atoms with Crippen molar-refractivity contribution in [3.63, 3.8) is 0 Å². The Kier molecular flexibility index (Phi) is 8.82. The smallest absolute Gasteiger partial charge is 0.191 e. The number of halogens is 1. The van der Waals surface area contributed by atoms with Gasteiger partial charge < -0.3 is 15.4 Å². The lowest BCUT2D eigenvalue weighted by atomic mass is 9.95. The number of pyridine rings is 1. The number of rotatable bonds is 8. The molecule has 8 heteroatoms. The number of hydrogen-bond donors (Lipinski definition) is 2. The van der Waals surface area contributed by atoms with Gasteiger partial charge in [-0.05, 0) is 56.0 Å². The lowest BCUT2D eigenvalue weighted by molar-refractivity contribution is 0.413. The van der Waals surface area contributed by atoms with Crippen molar-refractivity contribution in [1.82, 2.24) is 15.6 Å². The lowest BCUT2D eigenvalue weighted by Crippen LogP contribution is -2.46. The molecule has 0 radical (unpaired) electrons. The van der Waals surface area contributed by atoms with Crippen molar-refractivity contribution in [3.05, 3.63) is 54.1 Å². The van der Waals surface area contributed by atoms with Gasteiger partial charge in [-0.25, -0.2) is 9.38 Å². The number of hydrogen-bond acceptors (Lipinski definition) is 4. The number of nitrogens with one attached hydrogen (secondary N) is 2. The van der Waals surface area contributed by atoms with E-state index in [9.17, 15) is 8.60 Å². The van der Waals surface area contributed by atoms with Gasteiger partial charge in [0.15, 0.2) is 17.5 Å². The second-order valence-corrected chi connectivity index (χ2v) is 9.56. The first-order valence-electron chi connectivity index (χ1n) is 10.9. The highest BCUT2D eigenvalue weighted by atomic mass is 32.2. The monoisotopic (exact) mass is 446 g/mol. The summed E-state index contributed by atoms with van der Waals surface area (Å²) in [5.74, 6) is 1.61. The molecule has 0 saturated heterocycles. The molecule has 0 amide bonds. The van der Waals surface area contributed by atoms with Gasteiger partial charge in [-0.2, -0.15) is 0 Å². The topological polar surface area (TPSA) is 75.6 Å². The van der Waals surface area contributed by atoms with Gasteiger partial charge in [0.25, 0.3) is 0 Å². The molecular weight excluding hydrogens is 415 g/mol. The van der Waals surface area contributed by atoms with Gasteiger partial charge in [0.05, 0.1) is 12.7 Å². The molecule has 0 spiro atoms. The third-order valence-corrected chi connectivity index (χ3v) is 6.99. The van der Waals surface area contributed by atoms with E-state index in [4.69, 9.17) is 4.74 Å². The zero-order chi connectivity index (χ0) is 22.1. The number of aliphatic imine (C=N–C) groups is 1. The number of nitrogens with zero attached hydrogens (tertiary/aromatic N) is 2. The van der Waals surface area contributed by atoms with E-state index in [2.05, 4.69) is 20.6 Å². The van der Waals surface area contributed by atoms with E-state index < -0.39 is 16.6 Å². The quantitative estimate of drug-likeness (QED) is 0.471. The molecular formula is C23H31FN4O2S. The summed E-state index contributed by atoms with van der Waals surface area (Å²) in [5.41, 5.74) is 0.752. The molecule has 1 aromatic carbocycles. The summed E-state index contributed by atoms with van der Waals surface area (Å²) < 4.78 is 32.2. The van der Waals surface area contributed by atoms with Crippen LogP contribution in [0.25, 0.3) is 0 Å². The molecule has 31 heavy (non-hydrogen) atoms. The Hall–Kier alpha value is -2.48. The van der Waals surface area contributed by atoms with Crippen LogP contribution in [-0.2, 0) is 17.3 Å². The van der Waals surface area contributed by atoms with Gasteiger partial charge in [0.1, 0.15) is 5.75 Å². The van der Waals surface area contributed by atoms with Gasteiger partial charge in [0, 0.05) is 40.6 Å². The van der Waals surface area contributed by atoms with E-state index in [0.29, 0.717) is 24.0 Å². The van der Waals surface area contributed by atoms with Gasteiger partial charge in [0.2, 0.25) is 0 Å². The number of aromatic nitrogens is 1. The fourth-order valence-electron chi connectivity index (χ4n) is 3.69. The van der Waals surface area contributed by atoms with E-state index >= 15 is 0 Å². The molecule has 1 heterocycles. The maximum Gasteiger partial charge on any atom is 0.191 e. The van der Waals surface area contributed by atoms with Crippen LogP contribution in [0.1, 0.15) is 45.1 Å². The SMILES string of the molecule is CCNC(=NCc1ccc(Oc2cccnc2)c(F)c1)NC1CCCC(S(=O)CC)C1. The summed E-state index contributed by atoms with van der Waals surface area (Å²) in [7, 11) is -0.764. The van der Waals surface area contributed by atoms with E-state index in [-0.39, 0.29) is 17.0 Å². The van der Waals surface area contributed by atoms with Gasteiger partial charge in [-0.3, -0.25) is 9.19 Å². The molecule has 0 bridgehead atoms. The third-order valence-electron chi connectivity index (χ3n) is 5.25. The van der Waals surface area contributed by atoms with Crippen LogP contribution >= 0.6 is 0 Å². The van der Waals surface area contributed by atoms with Crippen LogP contribution in [0.5, 0.6) is 11.5 Å². The van der Waals surface area contributed by atoms with Crippen molar-refractivity contribution in [1.29, 1.82) is 0 Å². The molecule has 1 fully saturated rings. The highest BCUT2D eigenvalue weighted by Crippen LogP contribution is 2.25.